The minimum absolute atomic E-state index is 0.735. The first-order chi connectivity index (χ1) is 16.7. The molecule has 204 valence electrons. The third-order valence-electron chi connectivity index (χ3n) is 8.71. The lowest BCUT2D eigenvalue weighted by Crippen LogP contribution is -2.07. The summed E-state index contributed by atoms with van der Waals surface area (Å²) in [6, 6.07) is 0. The zero-order valence-electron chi connectivity index (χ0n) is 25.3. The first-order valence-corrected chi connectivity index (χ1v) is 15.7. The summed E-state index contributed by atoms with van der Waals surface area (Å²) >= 11 is 0. The van der Waals surface area contributed by atoms with Crippen LogP contribution in [0.2, 0.25) is 0 Å². The Labute approximate surface area is 222 Å². The Hall–Kier alpha value is -0.780. The smallest absolute Gasteiger partial charge is 0.0168 e. The van der Waals surface area contributed by atoms with E-state index in [9.17, 15) is 0 Å². The van der Waals surface area contributed by atoms with Crippen LogP contribution in [-0.4, -0.2) is 0 Å². The van der Waals surface area contributed by atoms with Crippen LogP contribution >= 0.6 is 0 Å². The Bertz CT molecular complexity index is 604. The summed E-state index contributed by atoms with van der Waals surface area (Å²) in [5, 5.41) is 0. The molecule has 0 aromatic carbocycles. The molecule has 4 atom stereocenters. The van der Waals surface area contributed by atoms with Crippen molar-refractivity contribution in [1.82, 2.24) is 0 Å². The highest BCUT2D eigenvalue weighted by atomic mass is 14.2. The fraction of sp³-hybridized carbons (Fsp3) is 0.829. The number of allylic oxidation sites excluding steroid dienone is 5. The third kappa shape index (κ3) is 17.3. The molecule has 0 saturated heterocycles. The van der Waals surface area contributed by atoms with E-state index in [2.05, 4.69) is 67.2 Å². The van der Waals surface area contributed by atoms with Gasteiger partial charge in [0, 0.05) is 0 Å². The van der Waals surface area contributed by atoms with Gasteiger partial charge in [0.1, 0.15) is 0 Å². The summed E-state index contributed by atoms with van der Waals surface area (Å²) < 4.78 is 0. The van der Waals surface area contributed by atoms with E-state index in [1.807, 2.05) is 0 Å². The Morgan fingerprint density at radius 1 is 0.829 bits per heavy atom. The van der Waals surface area contributed by atoms with Gasteiger partial charge in [0.05, 0.1) is 0 Å². The largest absolute Gasteiger partial charge is 0.0996 e. The lowest BCUT2D eigenvalue weighted by molar-refractivity contribution is 0.372. The van der Waals surface area contributed by atoms with Gasteiger partial charge >= 0.3 is 0 Å². The highest BCUT2D eigenvalue weighted by Gasteiger charge is 2.15. The van der Waals surface area contributed by atoms with Gasteiger partial charge in [-0.2, -0.15) is 0 Å². The van der Waals surface area contributed by atoms with Gasteiger partial charge in [-0.05, 0) is 88.4 Å². The van der Waals surface area contributed by atoms with Crippen molar-refractivity contribution in [1.29, 1.82) is 0 Å². The first kappa shape index (κ1) is 32.2. The van der Waals surface area contributed by atoms with Crippen molar-refractivity contribution in [3.8, 4) is 0 Å². The highest BCUT2D eigenvalue weighted by Crippen LogP contribution is 2.30. The Morgan fingerprint density at radius 3 is 1.83 bits per heavy atom. The minimum atomic E-state index is 0.735. The molecule has 0 aliphatic heterocycles. The van der Waals surface area contributed by atoms with E-state index in [0.717, 1.165) is 29.6 Å². The number of hydrogen-bond acceptors (Lipinski definition) is 0. The molecule has 0 heteroatoms. The maximum Gasteiger partial charge on any atom is -0.0168 e. The predicted octanol–water partition coefficient (Wildman–Crippen LogP) is 12.3. The van der Waals surface area contributed by atoms with Crippen molar-refractivity contribution >= 4 is 0 Å². The summed E-state index contributed by atoms with van der Waals surface area (Å²) in [6.45, 7) is 21.2. The average molecular weight is 485 g/mol. The van der Waals surface area contributed by atoms with Gasteiger partial charge in [-0.15, -0.1) is 0 Å². The van der Waals surface area contributed by atoms with Crippen molar-refractivity contribution in [2.75, 3.05) is 0 Å². The Kier molecular flexibility index (Phi) is 17.8. The van der Waals surface area contributed by atoms with Gasteiger partial charge in [-0.25, -0.2) is 0 Å². The predicted molar refractivity (Wildman–Crippen MR) is 161 cm³/mol. The van der Waals surface area contributed by atoms with E-state index in [-0.39, 0.29) is 0 Å². The van der Waals surface area contributed by atoms with Crippen molar-refractivity contribution in [2.24, 2.45) is 29.6 Å². The summed E-state index contributed by atoms with van der Waals surface area (Å²) in [7, 11) is 0. The average Bonchev–Trinajstić information content (AvgIpc) is 2.79. The van der Waals surface area contributed by atoms with Crippen LogP contribution in [0.15, 0.2) is 35.5 Å². The third-order valence-corrected chi connectivity index (χ3v) is 8.71. The minimum Gasteiger partial charge on any atom is -0.0996 e. The molecule has 0 saturated carbocycles. The maximum absolute atomic E-state index is 4.41. The molecule has 0 fully saturated rings. The summed E-state index contributed by atoms with van der Waals surface area (Å²) in [6.07, 6.45) is 28.0. The molecule has 0 nitrogen and oxygen atoms in total. The van der Waals surface area contributed by atoms with Crippen LogP contribution in [-0.2, 0) is 0 Å². The van der Waals surface area contributed by atoms with Crippen LogP contribution in [0.1, 0.15) is 158 Å². The van der Waals surface area contributed by atoms with Crippen molar-refractivity contribution in [2.45, 2.75) is 158 Å². The second-order valence-corrected chi connectivity index (χ2v) is 13.2. The van der Waals surface area contributed by atoms with E-state index in [0.29, 0.717) is 0 Å². The molecule has 0 bridgehead atoms. The van der Waals surface area contributed by atoms with Gasteiger partial charge in [0.2, 0.25) is 0 Å². The lowest BCUT2D eigenvalue weighted by atomic mass is 9.83. The molecule has 0 N–H and O–H groups in total. The van der Waals surface area contributed by atoms with Crippen LogP contribution in [0.4, 0.5) is 0 Å². The molecular formula is C35H64. The van der Waals surface area contributed by atoms with Crippen LogP contribution < -0.4 is 0 Å². The van der Waals surface area contributed by atoms with Crippen molar-refractivity contribution < 1.29 is 0 Å². The van der Waals surface area contributed by atoms with Crippen LogP contribution in [0.25, 0.3) is 0 Å². The highest BCUT2D eigenvalue weighted by molar-refractivity contribution is 5.12. The Balaban J connectivity index is 2.03. The van der Waals surface area contributed by atoms with Gasteiger partial charge < -0.3 is 0 Å². The quantitative estimate of drug-likeness (QED) is 0.151. The zero-order valence-corrected chi connectivity index (χ0v) is 25.3. The van der Waals surface area contributed by atoms with Gasteiger partial charge in [-0.3, -0.25) is 0 Å². The summed E-state index contributed by atoms with van der Waals surface area (Å²) in [5.41, 5.74) is 4.65. The fourth-order valence-corrected chi connectivity index (χ4v) is 5.81. The van der Waals surface area contributed by atoms with Gasteiger partial charge in [0.25, 0.3) is 0 Å². The SMILES string of the molecule is C=C(CC/C=C(/C)CCC[C@@H](C)CCC[C@@H](C)CCC[C@H](C)CCCC(C)C)[C@@H]1CC=C(C)CC1. The Morgan fingerprint density at radius 2 is 1.34 bits per heavy atom. The standard InChI is InChI=1S/C35H64/c1-28(2)14-9-15-29(3)16-10-17-30(4)18-11-19-31(5)20-12-21-32(6)22-13-23-34(8)35-26-24-33(7)25-27-35/h22,24,28-31,35H,8-21,23,25-27H2,1-7H3/b32-22-/t29-,30+,31+,35-/m1/s1. The molecule has 0 spiro atoms. The molecule has 0 heterocycles. The monoisotopic (exact) mass is 485 g/mol. The fourth-order valence-electron chi connectivity index (χ4n) is 5.81. The molecular weight excluding hydrogens is 420 g/mol. The van der Waals surface area contributed by atoms with E-state index in [4.69, 9.17) is 0 Å². The molecule has 35 heavy (non-hydrogen) atoms. The molecule has 1 aliphatic rings. The number of hydrogen-bond donors (Lipinski definition) is 0. The lowest BCUT2D eigenvalue weighted by Gasteiger charge is -2.22. The molecule has 1 aliphatic carbocycles. The van der Waals surface area contributed by atoms with E-state index < -0.39 is 0 Å². The zero-order chi connectivity index (χ0) is 26.1. The molecule has 0 aromatic rings. The van der Waals surface area contributed by atoms with E-state index in [1.165, 1.54) is 115 Å². The van der Waals surface area contributed by atoms with E-state index in [1.54, 1.807) is 11.1 Å². The topological polar surface area (TPSA) is 0 Å². The second kappa shape index (κ2) is 19.3. The molecule has 1 rings (SSSR count). The van der Waals surface area contributed by atoms with Crippen molar-refractivity contribution in [3.63, 3.8) is 0 Å². The summed E-state index contributed by atoms with van der Waals surface area (Å²) in [4.78, 5) is 0. The maximum atomic E-state index is 4.41. The van der Waals surface area contributed by atoms with Crippen LogP contribution in [0.3, 0.4) is 0 Å². The molecule has 0 amide bonds. The summed E-state index contributed by atoms with van der Waals surface area (Å²) in [5.74, 6) is 4.33. The molecule has 0 aromatic heterocycles. The molecule has 0 radical (unpaired) electrons. The number of rotatable bonds is 20. The van der Waals surface area contributed by atoms with Gasteiger partial charge in [-0.1, -0.05) is 134 Å². The first-order valence-electron chi connectivity index (χ1n) is 15.7. The second-order valence-electron chi connectivity index (χ2n) is 13.2. The van der Waals surface area contributed by atoms with Gasteiger partial charge in [0.15, 0.2) is 0 Å². The van der Waals surface area contributed by atoms with Crippen LogP contribution in [0, 0.1) is 29.6 Å². The van der Waals surface area contributed by atoms with Crippen LogP contribution in [0.5, 0.6) is 0 Å². The normalized spacial score (nSPS) is 19.5. The van der Waals surface area contributed by atoms with E-state index >= 15 is 0 Å². The molecule has 0 unspecified atom stereocenters. The van der Waals surface area contributed by atoms with Crippen molar-refractivity contribution in [3.05, 3.63) is 35.5 Å².